The lowest BCUT2D eigenvalue weighted by molar-refractivity contribution is -0.141. The Labute approximate surface area is 141 Å². The molecule has 0 aromatic heterocycles. The van der Waals surface area contributed by atoms with Gasteiger partial charge in [0.05, 0.1) is 5.75 Å². The van der Waals surface area contributed by atoms with Crippen LogP contribution in [0.15, 0.2) is 24.3 Å². The summed E-state index contributed by atoms with van der Waals surface area (Å²) in [5, 5.41) is 9.18. The van der Waals surface area contributed by atoms with Gasteiger partial charge >= 0.3 is 5.97 Å². The number of rotatable bonds is 8. The minimum absolute atomic E-state index is 0.00694. The Hall–Kier alpha value is -1.93. The second kappa shape index (κ2) is 7.31. The summed E-state index contributed by atoms with van der Waals surface area (Å²) in [6, 6.07) is 5.65. The predicted molar refractivity (Wildman–Crippen MR) is 89.0 cm³/mol. The van der Waals surface area contributed by atoms with Crippen LogP contribution < -0.4 is 4.72 Å². The molecule has 1 amide bonds. The molecule has 0 aliphatic heterocycles. The molecule has 1 aliphatic carbocycles. The molecule has 0 spiro atoms. The summed E-state index contributed by atoms with van der Waals surface area (Å²) in [5.74, 6) is -1.33. The zero-order chi connectivity index (χ0) is 17.9. The summed E-state index contributed by atoms with van der Waals surface area (Å²) in [4.78, 5) is 25.2. The third-order valence-corrected chi connectivity index (χ3v) is 5.37. The molecule has 0 saturated heterocycles. The molecule has 2 N–H and O–H groups in total. The highest BCUT2D eigenvalue weighted by Gasteiger charge is 2.38. The van der Waals surface area contributed by atoms with Crippen LogP contribution in [0, 0.1) is 0 Å². The minimum atomic E-state index is -3.27. The molecule has 1 aliphatic rings. The van der Waals surface area contributed by atoms with E-state index in [1.165, 1.54) is 11.8 Å². The van der Waals surface area contributed by atoms with Gasteiger partial charge in [0.25, 0.3) is 5.91 Å². The largest absolute Gasteiger partial charge is 0.480 e. The van der Waals surface area contributed by atoms with E-state index >= 15 is 0 Å². The molecule has 0 radical (unpaired) electrons. The van der Waals surface area contributed by atoms with Crippen molar-refractivity contribution in [3.63, 3.8) is 0 Å². The zero-order valence-electron chi connectivity index (χ0n) is 13.7. The molecule has 2 rings (SSSR count). The molecule has 0 bridgehead atoms. The quantitative estimate of drug-likeness (QED) is 0.730. The lowest BCUT2D eigenvalue weighted by Gasteiger charge is -2.26. The van der Waals surface area contributed by atoms with Crippen LogP contribution in [0.2, 0.25) is 0 Å². The summed E-state index contributed by atoms with van der Waals surface area (Å²) in [7, 11) is -3.27. The van der Waals surface area contributed by atoms with Gasteiger partial charge < -0.3 is 10.0 Å². The fourth-order valence-electron chi connectivity index (χ4n) is 2.34. The maximum absolute atomic E-state index is 12.6. The fraction of sp³-hybridized carbons (Fsp3) is 0.500. The lowest BCUT2D eigenvalue weighted by Crippen LogP contribution is -2.44. The Morgan fingerprint density at radius 3 is 2.33 bits per heavy atom. The van der Waals surface area contributed by atoms with Crippen LogP contribution in [-0.2, 0) is 21.4 Å². The Morgan fingerprint density at radius 2 is 1.88 bits per heavy atom. The van der Waals surface area contributed by atoms with E-state index in [0.29, 0.717) is 5.56 Å². The first-order chi connectivity index (χ1) is 11.2. The minimum Gasteiger partial charge on any atom is -0.480 e. The van der Waals surface area contributed by atoms with Crippen LogP contribution in [-0.4, -0.2) is 48.1 Å². The van der Waals surface area contributed by atoms with Crippen LogP contribution in [0.1, 0.15) is 42.6 Å². The number of nitrogens with zero attached hydrogens (tertiary/aromatic N) is 1. The molecular weight excluding hydrogens is 332 g/mol. The SMILES string of the molecule is CCS(=O)(=O)NCc1ccc(C(=O)N(C2CC2)C(C)C(=O)O)cc1. The smallest absolute Gasteiger partial charge is 0.326 e. The van der Waals surface area contributed by atoms with Crippen molar-refractivity contribution in [3.05, 3.63) is 35.4 Å². The summed E-state index contributed by atoms with van der Waals surface area (Å²) < 4.78 is 25.3. The van der Waals surface area contributed by atoms with E-state index < -0.39 is 22.0 Å². The summed E-state index contributed by atoms with van der Waals surface area (Å²) in [5.41, 5.74) is 1.13. The number of carbonyl (C=O) groups is 2. The van der Waals surface area contributed by atoms with Gasteiger partial charge in [-0.25, -0.2) is 17.9 Å². The molecule has 1 aromatic rings. The average Bonchev–Trinajstić information content (AvgIpc) is 3.38. The highest BCUT2D eigenvalue weighted by Crippen LogP contribution is 2.30. The molecule has 1 aromatic carbocycles. The van der Waals surface area contributed by atoms with Gasteiger partial charge in [0.2, 0.25) is 10.0 Å². The van der Waals surface area contributed by atoms with Gasteiger partial charge in [-0.05, 0) is 44.4 Å². The number of amides is 1. The fourth-order valence-corrected chi connectivity index (χ4v) is 2.93. The monoisotopic (exact) mass is 354 g/mol. The first-order valence-corrected chi connectivity index (χ1v) is 9.52. The highest BCUT2D eigenvalue weighted by molar-refractivity contribution is 7.89. The maximum atomic E-state index is 12.6. The number of sulfonamides is 1. The van der Waals surface area contributed by atoms with Crippen LogP contribution in [0.3, 0.4) is 0 Å². The van der Waals surface area contributed by atoms with Gasteiger partial charge in [0.1, 0.15) is 6.04 Å². The van der Waals surface area contributed by atoms with E-state index in [4.69, 9.17) is 0 Å². The van der Waals surface area contributed by atoms with Crippen molar-refractivity contribution in [1.82, 2.24) is 9.62 Å². The maximum Gasteiger partial charge on any atom is 0.326 e. The van der Waals surface area contributed by atoms with Gasteiger partial charge in [-0.3, -0.25) is 4.79 Å². The number of carboxylic acids is 1. The van der Waals surface area contributed by atoms with Gasteiger partial charge in [0.15, 0.2) is 0 Å². The number of carbonyl (C=O) groups excluding carboxylic acids is 1. The van der Waals surface area contributed by atoms with Gasteiger partial charge in [-0.2, -0.15) is 0 Å². The Balaban J connectivity index is 2.08. The van der Waals surface area contributed by atoms with Crippen molar-refractivity contribution in [3.8, 4) is 0 Å². The molecule has 1 fully saturated rings. The van der Waals surface area contributed by atoms with E-state index in [1.807, 2.05) is 0 Å². The zero-order valence-corrected chi connectivity index (χ0v) is 14.5. The summed E-state index contributed by atoms with van der Waals surface area (Å²) in [6.07, 6.45) is 1.64. The Bertz CT molecular complexity index is 710. The molecule has 1 saturated carbocycles. The molecule has 0 heterocycles. The molecule has 8 heteroatoms. The third-order valence-electron chi connectivity index (χ3n) is 4.03. The predicted octanol–water partition coefficient (Wildman–Crippen LogP) is 1.20. The van der Waals surface area contributed by atoms with E-state index in [9.17, 15) is 23.1 Å². The van der Waals surface area contributed by atoms with Gasteiger partial charge in [-0.15, -0.1) is 0 Å². The van der Waals surface area contributed by atoms with Crippen LogP contribution in [0.5, 0.6) is 0 Å². The molecule has 7 nitrogen and oxygen atoms in total. The normalized spacial score (nSPS) is 15.8. The number of carboxylic acid groups (broad SMARTS) is 1. The molecule has 1 unspecified atom stereocenters. The summed E-state index contributed by atoms with van der Waals surface area (Å²) >= 11 is 0. The van der Waals surface area contributed by atoms with E-state index in [-0.39, 0.29) is 24.2 Å². The second-order valence-corrected chi connectivity index (χ2v) is 7.97. The van der Waals surface area contributed by atoms with Crippen molar-refractivity contribution >= 4 is 21.9 Å². The van der Waals surface area contributed by atoms with Crippen molar-refractivity contribution < 1.29 is 23.1 Å². The first-order valence-electron chi connectivity index (χ1n) is 7.87. The molecular formula is C16H22N2O5S. The third kappa shape index (κ3) is 4.55. The standard InChI is InChI=1S/C16H22N2O5S/c1-3-24(22,23)17-10-12-4-6-13(7-5-12)15(19)18(14-8-9-14)11(2)16(20)21/h4-7,11,14,17H,3,8-10H2,1-2H3,(H,20,21). The Kier molecular flexibility index (Phi) is 5.61. The lowest BCUT2D eigenvalue weighted by atomic mass is 10.1. The number of nitrogens with one attached hydrogen (secondary N) is 1. The van der Waals surface area contributed by atoms with Crippen molar-refractivity contribution in [2.75, 3.05) is 5.75 Å². The van der Waals surface area contributed by atoms with Crippen LogP contribution in [0.4, 0.5) is 0 Å². The topological polar surface area (TPSA) is 104 Å². The molecule has 1 atom stereocenters. The van der Waals surface area contributed by atoms with Crippen LogP contribution in [0.25, 0.3) is 0 Å². The first kappa shape index (κ1) is 18.4. The van der Waals surface area contributed by atoms with Crippen molar-refractivity contribution in [1.29, 1.82) is 0 Å². The molecule has 132 valence electrons. The molecule has 24 heavy (non-hydrogen) atoms. The highest BCUT2D eigenvalue weighted by atomic mass is 32.2. The number of hydrogen-bond donors (Lipinski definition) is 2. The summed E-state index contributed by atoms with van der Waals surface area (Å²) in [6.45, 7) is 3.22. The van der Waals surface area contributed by atoms with E-state index in [2.05, 4.69) is 4.72 Å². The number of aliphatic carboxylic acids is 1. The van der Waals surface area contributed by atoms with E-state index in [0.717, 1.165) is 18.4 Å². The van der Waals surface area contributed by atoms with Gasteiger partial charge in [-0.1, -0.05) is 12.1 Å². The Morgan fingerprint density at radius 1 is 1.29 bits per heavy atom. The van der Waals surface area contributed by atoms with Gasteiger partial charge in [0, 0.05) is 18.2 Å². The van der Waals surface area contributed by atoms with Crippen LogP contribution >= 0.6 is 0 Å². The second-order valence-electron chi connectivity index (χ2n) is 5.88. The average molecular weight is 354 g/mol. The number of benzene rings is 1. The number of hydrogen-bond acceptors (Lipinski definition) is 4. The van der Waals surface area contributed by atoms with Crippen molar-refractivity contribution in [2.45, 2.75) is 45.3 Å². The van der Waals surface area contributed by atoms with Crippen molar-refractivity contribution in [2.24, 2.45) is 0 Å². The van der Waals surface area contributed by atoms with E-state index in [1.54, 1.807) is 31.2 Å².